The summed E-state index contributed by atoms with van der Waals surface area (Å²) in [5.41, 5.74) is 2.27. The van der Waals surface area contributed by atoms with Crippen LogP contribution >= 0.6 is 24.0 Å². The molecule has 1 amide bonds. The summed E-state index contributed by atoms with van der Waals surface area (Å²) in [6.07, 6.45) is 0.397. The van der Waals surface area contributed by atoms with Gasteiger partial charge in [-0.05, 0) is 57.5 Å². The van der Waals surface area contributed by atoms with Gasteiger partial charge >= 0.3 is 6.09 Å². The van der Waals surface area contributed by atoms with Gasteiger partial charge in [0.1, 0.15) is 5.60 Å². The molecule has 0 heterocycles. The first-order valence-corrected chi connectivity index (χ1v) is 12.0. The van der Waals surface area contributed by atoms with Crippen molar-refractivity contribution in [3.8, 4) is 11.1 Å². The van der Waals surface area contributed by atoms with E-state index in [0.717, 1.165) is 11.1 Å². The van der Waals surface area contributed by atoms with E-state index in [2.05, 4.69) is 5.32 Å². The lowest BCUT2D eigenvalue weighted by Gasteiger charge is -2.22. The molecular weight excluding hydrogens is 442 g/mol. The maximum Gasteiger partial charge on any atom is 0.407 e. The van der Waals surface area contributed by atoms with Crippen LogP contribution in [0, 0.1) is 0 Å². The molecule has 172 valence electrons. The lowest BCUT2D eigenvalue weighted by molar-refractivity contribution is 0.0528. The molecule has 0 radical (unpaired) electrons. The number of ketones is 1. The van der Waals surface area contributed by atoms with Crippen molar-refractivity contribution in [1.29, 1.82) is 0 Å². The Bertz CT molecular complexity index is 892. The van der Waals surface area contributed by atoms with Crippen LogP contribution in [0.5, 0.6) is 0 Å². The molecule has 32 heavy (non-hydrogen) atoms. The molecule has 0 aliphatic carbocycles. The number of carbonyl (C=O) groups is 2. The monoisotopic (exact) mass is 473 g/mol. The minimum absolute atomic E-state index is 0.0507. The van der Waals surface area contributed by atoms with Crippen molar-refractivity contribution in [2.75, 3.05) is 13.2 Å². The number of carbonyl (C=O) groups excluding carboxylic acids is 2. The zero-order chi connectivity index (χ0) is 23.6. The zero-order valence-electron chi connectivity index (χ0n) is 19.1. The van der Waals surface area contributed by atoms with Gasteiger partial charge in [0, 0.05) is 23.8 Å². The smallest absolute Gasteiger partial charge is 0.407 e. The van der Waals surface area contributed by atoms with Gasteiger partial charge in [0.05, 0.1) is 6.61 Å². The van der Waals surface area contributed by atoms with Crippen molar-refractivity contribution in [3.63, 3.8) is 0 Å². The first kappa shape index (κ1) is 25.9. The predicted octanol–water partition coefficient (Wildman–Crippen LogP) is 6.26. The van der Waals surface area contributed by atoms with Gasteiger partial charge in [0.15, 0.2) is 5.78 Å². The third-order valence-corrected chi connectivity index (χ3v) is 5.86. The molecule has 0 fully saturated rings. The molecule has 2 rings (SSSR count). The lowest BCUT2D eigenvalue weighted by atomic mass is 10.0. The van der Waals surface area contributed by atoms with Crippen LogP contribution < -0.4 is 5.32 Å². The zero-order valence-corrected chi connectivity index (χ0v) is 20.7. The molecule has 2 aromatic carbocycles. The van der Waals surface area contributed by atoms with Gasteiger partial charge in [-0.2, -0.15) is 0 Å². The normalized spacial score (nSPS) is 12.0. The number of thiocarbonyl (C=S) groups is 1. The molecule has 7 heteroatoms. The van der Waals surface area contributed by atoms with Gasteiger partial charge < -0.3 is 14.8 Å². The molecule has 1 atom stereocenters. The highest BCUT2D eigenvalue weighted by atomic mass is 32.2. The van der Waals surface area contributed by atoms with Crippen LogP contribution in [0.15, 0.2) is 54.6 Å². The van der Waals surface area contributed by atoms with Gasteiger partial charge in [0.25, 0.3) is 0 Å². The number of alkyl carbamates (subject to hydrolysis) is 1. The third-order valence-electron chi connectivity index (χ3n) is 4.41. The van der Waals surface area contributed by atoms with Crippen molar-refractivity contribution in [2.45, 2.75) is 51.4 Å². The summed E-state index contributed by atoms with van der Waals surface area (Å²) in [4.78, 5) is 24.8. The van der Waals surface area contributed by atoms with E-state index in [-0.39, 0.29) is 11.0 Å². The lowest BCUT2D eigenvalue weighted by Crippen LogP contribution is -2.36. The summed E-state index contributed by atoms with van der Waals surface area (Å²) < 4.78 is 11.1. The highest BCUT2D eigenvalue weighted by molar-refractivity contribution is 8.23. The summed E-state index contributed by atoms with van der Waals surface area (Å²) >= 11 is 6.60. The third kappa shape index (κ3) is 9.40. The summed E-state index contributed by atoms with van der Waals surface area (Å²) in [7, 11) is 0. The fourth-order valence-electron chi connectivity index (χ4n) is 2.92. The first-order valence-electron chi connectivity index (χ1n) is 10.7. The Morgan fingerprint density at radius 2 is 1.66 bits per heavy atom. The minimum atomic E-state index is -0.574. The number of hydrogen-bond donors (Lipinski definition) is 1. The number of rotatable bonds is 9. The van der Waals surface area contributed by atoms with Crippen LogP contribution in [0.3, 0.4) is 0 Å². The summed E-state index contributed by atoms with van der Waals surface area (Å²) in [6.45, 7) is 8.10. The fraction of sp³-hybridized carbons (Fsp3) is 0.400. The number of Topliss-reactive ketones (excluding diaryl/α,β-unsaturated/α-hetero) is 1. The molecule has 0 aliphatic rings. The Labute approximate surface area is 200 Å². The summed E-state index contributed by atoms with van der Waals surface area (Å²) in [6, 6.07) is 17.7. The highest BCUT2D eigenvalue weighted by Crippen LogP contribution is 2.23. The Balaban J connectivity index is 1.95. The second-order valence-electron chi connectivity index (χ2n) is 8.21. The van der Waals surface area contributed by atoms with Crippen LogP contribution in [0.2, 0.25) is 0 Å². The maximum atomic E-state index is 12.7. The van der Waals surface area contributed by atoms with Crippen LogP contribution in [-0.2, 0) is 9.47 Å². The molecule has 0 aliphatic heterocycles. The van der Waals surface area contributed by atoms with E-state index >= 15 is 0 Å². The minimum Gasteiger partial charge on any atom is -0.479 e. The van der Waals surface area contributed by atoms with Gasteiger partial charge in [0.2, 0.25) is 4.38 Å². The molecule has 0 spiro atoms. The number of benzene rings is 2. The van der Waals surface area contributed by atoms with Crippen molar-refractivity contribution < 1.29 is 19.1 Å². The van der Waals surface area contributed by atoms with E-state index in [0.29, 0.717) is 35.9 Å². The Morgan fingerprint density at radius 3 is 2.25 bits per heavy atom. The molecule has 0 bridgehead atoms. The first-order chi connectivity index (χ1) is 15.2. The van der Waals surface area contributed by atoms with Crippen LogP contribution in [0.4, 0.5) is 4.79 Å². The van der Waals surface area contributed by atoms with Crippen LogP contribution in [0.25, 0.3) is 11.1 Å². The van der Waals surface area contributed by atoms with Crippen LogP contribution in [-0.4, -0.2) is 40.3 Å². The fourth-order valence-corrected chi connectivity index (χ4v) is 4.30. The number of ether oxygens (including phenoxy) is 2. The number of amides is 1. The predicted molar refractivity (Wildman–Crippen MR) is 135 cm³/mol. The van der Waals surface area contributed by atoms with Crippen molar-refractivity contribution >= 4 is 40.2 Å². The molecular formula is C25H31NO4S2. The van der Waals surface area contributed by atoms with Crippen LogP contribution in [0.1, 0.15) is 50.9 Å². The van der Waals surface area contributed by atoms with E-state index < -0.39 is 11.7 Å². The Hall–Kier alpha value is -2.38. The summed E-state index contributed by atoms with van der Waals surface area (Å²) in [5.74, 6) is 0.0507. The molecule has 5 nitrogen and oxygen atoms in total. The number of thioether (sulfide) groups is 1. The average Bonchev–Trinajstić information content (AvgIpc) is 2.75. The molecule has 1 unspecified atom stereocenters. The van der Waals surface area contributed by atoms with Crippen molar-refractivity contribution in [2.24, 2.45) is 0 Å². The van der Waals surface area contributed by atoms with Crippen molar-refractivity contribution in [3.05, 3.63) is 60.2 Å². The van der Waals surface area contributed by atoms with Gasteiger partial charge in [-0.25, -0.2) is 4.79 Å². The molecule has 0 saturated heterocycles. The standard InChI is InChI=1S/C25H31NO4S2/c1-5-29-24(31)32-21(17-26-23(28)30-25(2,3)4)15-16-22(27)20-13-11-19(12-14-20)18-9-7-6-8-10-18/h6-14,21H,5,15-17H2,1-4H3,(H,26,28). The topological polar surface area (TPSA) is 64.6 Å². The maximum absolute atomic E-state index is 12.7. The summed E-state index contributed by atoms with van der Waals surface area (Å²) in [5, 5.41) is 2.66. The SMILES string of the molecule is CCOC(=S)SC(CCC(=O)c1ccc(-c2ccccc2)cc1)CNC(=O)OC(C)(C)C. The molecule has 0 saturated carbocycles. The van der Waals surface area contributed by atoms with Gasteiger partial charge in [-0.1, -0.05) is 66.4 Å². The highest BCUT2D eigenvalue weighted by Gasteiger charge is 2.20. The number of nitrogens with one attached hydrogen (secondary N) is 1. The van der Waals surface area contributed by atoms with E-state index in [1.165, 1.54) is 11.8 Å². The van der Waals surface area contributed by atoms with E-state index in [1.807, 2.05) is 82.3 Å². The van der Waals surface area contributed by atoms with E-state index in [4.69, 9.17) is 21.7 Å². The largest absolute Gasteiger partial charge is 0.479 e. The molecule has 1 N–H and O–H groups in total. The second kappa shape index (κ2) is 12.6. The molecule has 2 aromatic rings. The van der Waals surface area contributed by atoms with E-state index in [9.17, 15) is 9.59 Å². The Kier molecular flexibility index (Phi) is 10.2. The quantitative estimate of drug-likeness (QED) is 0.342. The van der Waals surface area contributed by atoms with E-state index in [1.54, 1.807) is 0 Å². The second-order valence-corrected chi connectivity index (χ2v) is 10.1. The average molecular weight is 474 g/mol. The van der Waals surface area contributed by atoms with Crippen molar-refractivity contribution in [1.82, 2.24) is 5.32 Å². The van der Waals surface area contributed by atoms with Gasteiger partial charge in [-0.15, -0.1) is 0 Å². The van der Waals surface area contributed by atoms with Gasteiger partial charge in [-0.3, -0.25) is 4.79 Å². The Morgan fingerprint density at radius 1 is 1.03 bits per heavy atom. The molecule has 0 aromatic heterocycles. The number of hydrogen-bond acceptors (Lipinski definition) is 6.